The fourth-order valence-corrected chi connectivity index (χ4v) is 10.2. The number of ketones is 2. The number of carbonyl (C=O) groups excluding carboxylic acids is 2. The van der Waals surface area contributed by atoms with Crippen molar-refractivity contribution < 1.29 is 131 Å². The van der Waals surface area contributed by atoms with Crippen molar-refractivity contribution in [2.75, 3.05) is 104 Å². The van der Waals surface area contributed by atoms with E-state index in [1.165, 1.54) is 6.92 Å². The Morgan fingerprint density at radius 1 is 0.412 bits per heavy atom. The number of carbonyl (C=O) groups is 7. The minimum atomic E-state index is -4.95. The van der Waals surface area contributed by atoms with Gasteiger partial charge in [0, 0.05) is 65.2 Å². The van der Waals surface area contributed by atoms with Gasteiger partial charge in [-0.15, -0.1) is 0 Å². The molecule has 33 nitrogen and oxygen atoms in total. The number of aliphatic carboxylic acids is 5. The number of hydrogen-bond donors (Lipinski definition) is 15. The van der Waals surface area contributed by atoms with Gasteiger partial charge in [-0.1, -0.05) is 0 Å². The molecule has 0 aliphatic rings. The molecule has 15 N–H and O–H groups in total. The van der Waals surface area contributed by atoms with Gasteiger partial charge in [0.15, 0.2) is 0 Å². The van der Waals surface area contributed by atoms with Crippen LogP contribution in [-0.4, -0.2) is 261 Å². The number of hydrogen-bond acceptors (Lipinski definition) is 18. The normalized spacial score (nSPS) is 13.7. The van der Waals surface area contributed by atoms with Crippen molar-refractivity contribution in [3.63, 3.8) is 0 Å². The Labute approximate surface area is 387 Å². The van der Waals surface area contributed by atoms with Crippen molar-refractivity contribution in [1.29, 1.82) is 0 Å². The zero-order valence-electron chi connectivity index (χ0n) is 36.6. The molecule has 2 unspecified atom stereocenters. The molecule has 0 saturated heterocycles. The van der Waals surface area contributed by atoms with Crippen LogP contribution in [0.4, 0.5) is 0 Å². The summed E-state index contributed by atoms with van der Waals surface area (Å²) >= 11 is 0. The van der Waals surface area contributed by atoms with Crippen LogP contribution in [0.1, 0.15) is 33.1 Å². The Balaban J connectivity index is 0. The molecule has 0 saturated carbocycles. The highest BCUT2D eigenvalue weighted by Crippen LogP contribution is 2.45. The number of nitrogens with zero attached hydrogens (tertiary/aromatic N) is 6. The maximum atomic E-state index is 12.2. The molecule has 38 heteroatoms. The molecule has 0 bridgehead atoms. The van der Waals surface area contributed by atoms with Gasteiger partial charge in [-0.3, -0.25) is 81.0 Å². The third kappa shape index (κ3) is 38.0. The molecule has 398 valence electrons. The van der Waals surface area contributed by atoms with Gasteiger partial charge in [-0.05, 0) is 20.3 Å². The van der Waals surface area contributed by atoms with Crippen molar-refractivity contribution in [3.8, 4) is 0 Å². The predicted octanol–water partition coefficient (Wildman–Crippen LogP) is -4.03. The summed E-state index contributed by atoms with van der Waals surface area (Å²) in [7, 11) is -23.7. The number of rotatable bonds is 37. The first-order valence-electron chi connectivity index (χ1n) is 19.3. The van der Waals surface area contributed by atoms with Gasteiger partial charge in [-0.25, -0.2) is 0 Å². The highest BCUT2D eigenvalue weighted by atomic mass is 31.2. The van der Waals surface area contributed by atoms with Crippen LogP contribution >= 0.6 is 38.0 Å². The van der Waals surface area contributed by atoms with E-state index in [9.17, 15) is 90.9 Å². The smallest absolute Gasteiger partial charge is 0.342 e. The van der Waals surface area contributed by atoms with Crippen LogP contribution in [0.15, 0.2) is 0 Å². The van der Waals surface area contributed by atoms with Crippen LogP contribution in [-0.2, 0) is 56.4 Å². The largest absolute Gasteiger partial charge is 0.480 e. The monoisotopic (exact) mass is 1090 g/mol. The van der Waals surface area contributed by atoms with E-state index in [4.69, 9.17) is 40.0 Å². The van der Waals surface area contributed by atoms with E-state index in [1.807, 2.05) is 0 Å². The summed E-state index contributed by atoms with van der Waals surface area (Å²) in [5.74, 6) is -9.62. The van der Waals surface area contributed by atoms with Crippen LogP contribution < -0.4 is 0 Å². The molecule has 0 aliphatic heterocycles. The van der Waals surface area contributed by atoms with Crippen LogP contribution in [0, 0.1) is 0 Å². The first kappa shape index (κ1) is 67.3. The van der Waals surface area contributed by atoms with Gasteiger partial charge >= 0.3 is 67.8 Å². The molecular weight excluding hydrogens is 1030 g/mol. The van der Waals surface area contributed by atoms with E-state index < -0.39 is 162 Å². The van der Waals surface area contributed by atoms with Gasteiger partial charge < -0.3 is 79.3 Å². The molecule has 0 aliphatic carbocycles. The Hall–Kier alpha value is -2.80. The zero-order valence-corrected chi connectivity index (χ0v) is 41.1. The molecule has 0 amide bonds. The average molecular weight is 1090 g/mol. The van der Waals surface area contributed by atoms with Crippen LogP contribution in [0.5, 0.6) is 0 Å². The Morgan fingerprint density at radius 3 is 0.868 bits per heavy atom. The average Bonchev–Trinajstić information content (AvgIpc) is 3.07. The summed E-state index contributed by atoms with van der Waals surface area (Å²) < 4.78 is 57.4. The number of carboxylic acids is 5. The Morgan fingerprint density at radius 2 is 0.676 bits per heavy atom. The minimum Gasteiger partial charge on any atom is -0.480 e. The standard InChI is InChI=1S/C15H32N3O14P3.C15H29N3O13P2/c1-12(19)2-3-13(35(30,31)32)18(6-4-16(8-14(20)21)10-33(24,25)26)7-5-17(9-15(22)23)11-34(27,28)29;1-11(19)6-12(15(24)25)18(4-2-16(7-13(20)21)9-32(26,27)28)5-3-17(8-14(22)23)10-33(29,30)31/h13H,2-11H2,1H3,(H,20,21)(H,22,23)(H2,24,25,26)(H2,27,28,29)(H2,30,31,32);12H,2-10H2,1H3,(H,20,21)(H,22,23)(H,24,25)(H2,26,27,28)(H2,29,30,31). The maximum Gasteiger partial charge on any atom is 0.342 e. The van der Waals surface area contributed by atoms with E-state index in [-0.39, 0.29) is 52.1 Å². The fourth-order valence-electron chi connectivity index (χ4n) is 6.06. The van der Waals surface area contributed by atoms with Gasteiger partial charge in [0.1, 0.15) is 48.5 Å². The third-order valence-electron chi connectivity index (χ3n) is 8.56. The van der Waals surface area contributed by atoms with Crippen LogP contribution in [0.25, 0.3) is 0 Å². The molecule has 0 aromatic rings. The second-order valence-corrected chi connectivity index (χ2v) is 23.4. The molecule has 2 atom stereocenters. The molecule has 0 heterocycles. The Bertz CT molecular complexity index is 1840. The Kier molecular flexibility index (Phi) is 30.5. The summed E-state index contributed by atoms with van der Waals surface area (Å²) in [6, 6.07) is -1.45. The van der Waals surface area contributed by atoms with Crippen molar-refractivity contribution in [2.45, 2.75) is 44.9 Å². The lowest BCUT2D eigenvalue weighted by Gasteiger charge is -2.35. The topological polar surface area (TPSA) is 528 Å². The quantitative estimate of drug-likeness (QED) is 0.0263. The summed E-state index contributed by atoms with van der Waals surface area (Å²) in [5, 5.41) is 45.4. The molecule has 0 aromatic heterocycles. The summed E-state index contributed by atoms with van der Waals surface area (Å²) in [5.41, 5.74) is 0. The second-order valence-electron chi connectivity index (χ2n) is 15.2. The van der Waals surface area contributed by atoms with Gasteiger partial charge in [0.2, 0.25) is 0 Å². The van der Waals surface area contributed by atoms with E-state index in [1.54, 1.807) is 0 Å². The van der Waals surface area contributed by atoms with Gasteiger partial charge in [0.25, 0.3) is 0 Å². The zero-order chi connectivity index (χ0) is 53.6. The van der Waals surface area contributed by atoms with Crippen molar-refractivity contribution in [3.05, 3.63) is 0 Å². The summed E-state index contributed by atoms with van der Waals surface area (Å²) in [6.07, 6.45) is -4.88. The number of Topliss-reactive ketones (excluding diaryl/α,β-unsaturated/α-hetero) is 2. The third-order valence-corrected chi connectivity index (χ3v) is 13.0. The first-order chi connectivity index (χ1) is 30.6. The molecule has 0 aromatic carbocycles. The molecule has 0 spiro atoms. The van der Waals surface area contributed by atoms with E-state index in [2.05, 4.69) is 0 Å². The molecule has 0 rings (SSSR count). The lowest BCUT2D eigenvalue weighted by atomic mass is 10.1. The summed E-state index contributed by atoms with van der Waals surface area (Å²) in [4.78, 5) is 177. The highest BCUT2D eigenvalue weighted by Gasteiger charge is 2.36. The van der Waals surface area contributed by atoms with E-state index in [0.29, 0.717) is 0 Å². The van der Waals surface area contributed by atoms with E-state index >= 15 is 0 Å². The molecule has 0 fully saturated rings. The van der Waals surface area contributed by atoms with E-state index in [0.717, 1.165) is 36.3 Å². The van der Waals surface area contributed by atoms with Crippen molar-refractivity contribution >= 4 is 79.4 Å². The fraction of sp³-hybridized carbons (Fsp3) is 0.767. The van der Waals surface area contributed by atoms with Gasteiger partial charge in [0.05, 0.1) is 26.2 Å². The lowest BCUT2D eigenvalue weighted by Crippen LogP contribution is -2.49. The SMILES string of the molecule is CC(=O)CC(C(=O)O)N(CCN(CC(=O)O)CP(=O)(O)O)CCN(CC(=O)O)CP(=O)(O)O.CC(=O)CCC(N(CCN(CC(=O)O)CP(=O)(O)O)CCN(CC(=O)O)CP(=O)(O)O)P(=O)(O)O. The lowest BCUT2D eigenvalue weighted by molar-refractivity contribution is -0.146. The molecular formula is C30H61N6O27P5. The minimum absolute atomic E-state index is 0.255. The van der Waals surface area contributed by atoms with Crippen LogP contribution in [0.3, 0.4) is 0 Å². The second kappa shape index (κ2) is 30.8. The number of carboxylic acid groups (broad SMARTS) is 5. The van der Waals surface area contributed by atoms with Crippen molar-refractivity contribution in [2.24, 2.45) is 0 Å². The first-order valence-corrected chi connectivity index (χ1v) is 28.2. The van der Waals surface area contributed by atoms with Crippen LogP contribution in [0.2, 0.25) is 0 Å². The summed E-state index contributed by atoms with van der Waals surface area (Å²) in [6.45, 7) is -3.66. The van der Waals surface area contributed by atoms with Gasteiger partial charge in [-0.2, -0.15) is 0 Å². The predicted molar refractivity (Wildman–Crippen MR) is 230 cm³/mol. The molecule has 0 radical (unpaired) electrons. The maximum absolute atomic E-state index is 12.2. The molecule has 68 heavy (non-hydrogen) atoms. The highest BCUT2D eigenvalue weighted by molar-refractivity contribution is 7.53. The van der Waals surface area contributed by atoms with Crippen molar-refractivity contribution in [1.82, 2.24) is 29.4 Å².